The molecule has 1 fully saturated rings. The predicted octanol–water partition coefficient (Wildman–Crippen LogP) is -0.168. The topological polar surface area (TPSA) is 87.3 Å². The number of rotatable bonds is 7. The second-order valence-electron chi connectivity index (χ2n) is 5.11. The summed E-state index contributed by atoms with van der Waals surface area (Å²) >= 11 is 0. The van der Waals surface area contributed by atoms with Crippen LogP contribution in [0.3, 0.4) is 0 Å². The van der Waals surface area contributed by atoms with Crippen molar-refractivity contribution in [2.45, 2.75) is 13.0 Å². The lowest BCUT2D eigenvalue weighted by atomic mass is 10.1. The molecular weight excluding hydrogens is 290 g/mol. The summed E-state index contributed by atoms with van der Waals surface area (Å²) in [4.78, 5) is 11.7. The third kappa shape index (κ3) is 5.45. The minimum Gasteiger partial charge on any atom is -0.355 e. The normalized spacial score (nSPS) is 18.6. The molecule has 6 nitrogen and oxygen atoms in total. The molecule has 116 valence electrons. The molecule has 1 aromatic rings. The van der Waals surface area contributed by atoms with Crippen LogP contribution < -0.4 is 15.4 Å². The van der Waals surface area contributed by atoms with Crippen LogP contribution in [0.2, 0.25) is 0 Å². The van der Waals surface area contributed by atoms with E-state index in [0.717, 1.165) is 18.5 Å². The fourth-order valence-electron chi connectivity index (χ4n) is 2.19. The molecule has 1 atom stereocenters. The first-order valence-corrected chi connectivity index (χ1v) is 8.72. The fraction of sp³-hybridized carbons (Fsp3) is 0.500. The Hall–Kier alpha value is -1.44. The molecule has 2 rings (SSSR count). The van der Waals surface area contributed by atoms with Crippen LogP contribution in [-0.4, -0.2) is 39.7 Å². The van der Waals surface area contributed by atoms with Crippen molar-refractivity contribution in [2.24, 2.45) is 5.92 Å². The molecule has 7 heteroatoms. The van der Waals surface area contributed by atoms with Gasteiger partial charge in [-0.2, -0.15) is 0 Å². The monoisotopic (exact) mass is 311 g/mol. The van der Waals surface area contributed by atoms with Crippen molar-refractivity contribution in [1.29, 1.82) is 0 Å². The summed E-state index contributed by atoms with van der Waals surface area (Å²) in [6.07, 6.45) is 0.810. The molecule has 1 saturated heterocycles. The lowest BCUT2D eigenvalue weighted by Crippen LogP contribution is -2.37. The van der Waals surface area contributed by atoms with Gasteiger partial charge in [0, 0.05) is 19.6 Å². The molecule has 3 N–H and O–H groups in total. The number of carbonyl (C=O) groups is 1. The number of nitrogens with one attached hydrogen (secondary N) is 3. The Morgan fingerprint density at radius 3 is 2.71 bits per heavy atom. The second-order valence-corrected chi connectivity index (χ2v) is 7.03. The minimum absolute atomic E-state index is 0.0371. The molecule has 1 aliphatic rings. The summed E-state index contributed by atoms with van der Waals surface area (Å²) in [7, 11) is -3.38. The van der Waals surface area contributed by atoms with E-state index in [1.807, 2.05) is 30.3 Å². The third-order valence-electron chi connectivity index (χ3n) is 3.44. The highest BCUT2D eigenvalue weighted by Gasteiger charge is 2.22. The van der Waals surface area contributed by atoms with Crippen LogP contribution in [0.25, 0.3) is 0 Å². The molecule has 1 aliphatic heterocycles. The first-order chi connectivity index (χ1) is 10.1. The number of amides is 1. The quantitative estimate of drug-likeness (QED) is 0.652. The molecule has 0 bridgehead atoms. The van der Waals surface area contributed by atoms with Crippen LogP contribution in [0.15, 0.2) is 30.3 Å². The van der Waals surface area contributed by atoms with E-state index in [1.165, 1.54) is 0 Å². The minimum atomic E-state index is -3.38. The Morgan fingerprint density at radius 1 is 1.29 bits per heavy atom. The van der Waals surface area contributed by atoms with Gasteiger partial charge in [0.2, 0.25) is 15.9 Å². The number of carbonyl (C=O) groups excluding carboxylic acids is 1. The Morgan fingerprint density at radius 2 is 2.05 bits per heavy atom. The van der Waals surface area contributed by atoms with Gasteiger partial charge < -0.3 is 10.6 Å². The molecule has 1 aromatic carbocycles. The van der Waals surface area contributed by atoms with E-state index in [2.05, 4.69) is 15.4 Å². The number of hydrogen-bond acceptors (Lipinski definition) is 4. The van der Waals surface area contributed by atoms with E-state index in [4.69, 9.17) is 0 Å². The van der Waals surface area contributed by atoms with Crippen LogP contribution in [-0.2, 0) is 21.4 Å². The smallest absolute Gasteiger partial charge is 0.224 e. The Balaban J connectivity index is 1.70. The number of benzene rings is 1. The van der Waals surface area contributed by atoms with Crippen molar-refractivity contribution in [1.82, 2.24) is 15.4 Å². The van der Waals surface area contributed by atoms with Gasteiger partial charge in [-0.15, -0.1) is 0 Å². The molecule has 0 aliphatic carbocycles. The molecule has 1 amide bonds. The van der Waals surface area contributed by atoms with Crippen LogP contribution in [0.4, 0.5) is 0 Å². The van der Waals surface area contributed by atoms with Crippen LogP contribution >= 0.6 is 0 Å². The average Bonchev–Trinajstić information content (AvgIpc) is 3.00. The van der Waals surface area contributed by atoms with Gasteiger partial charge in [0.1, 0.15) is 0 Å². The Bertz CT molecular complexity index is 554. The highest BCUT2D eigenvalue weighted by Crippen LogP contribution is 2.06. The van der Waals surface area contributed by atoms with Gasteiger partial charge in [-0.05, 0) is 18.5 Å². The van der Waals surface area contributed by atoms with E-state index >= 15 is 0 Å². The summed E-state index contributed by atoms with van der Waals surface area (Å²) in [6, 6.07) is 9.32. The lowest BCUT2D eigenvalue weighted by Gasteiger charge is -2.10. The van der Waals surface area contributed by atoms with Crippen molar-refractivity contribution in [3.63, 3.8) is 0 Å². The zero-order chi connectivity index (χ0) is 15.1. The van der Waals surface area contributed by atoms with Crippen molar-refractivity contribution in [2.75, 3.05) is 25.4 Å². The highest BCUT2D eigenvalue weighted by molar-refractivity contribution is 7.89. The zero-order valence-electron chi connectivity index (χ0n) is 11.8. The van der Waals surface area contributed by atoms with Gasteiger partial charge in [0.05, 0.1) is 11.7 Å². The second kappa shape index (κ2) is 7.53. The average molecular weight is 311 g/mol. The van der Waals surface area contributed by atoms with Gasteiger partial charge in [0.15, 0.2) is 0 Å². The molecule has 0 saturated carbocycles. The van der Waals surface area contributed by atoms with Crippen molar-refractivity contribution in [3.05, 3.63) is 35.9 Å². The van der Waals surface area contributed by atoms with Gasteiger partial charge in [0.25, 0.3) is 0 Å². The summed E-state index contributed by atoms with van der Waals surface area (Å²) in [5, 5.41) is 5.79. The Labute approximate surface area is 125 Å². The Kier molecular flexibility index (Phi) is 5.72. The molecule has 0 spiro atoms. The van der Waals surface area contributed by atoms with E-state index in [-0.39, 0.29) is 30.7 Å². The zero-order valence-corrected chi connectivity index (χ0v) is 12.7. The molecule has 1 unspecified atom stereocenters. The third-order valence-corrected chi connectivity index (χ3v) is 4.77. The van der Waals surface area contributed by atoms with Crippen LogP contribution in [0.5, 0.6) is 0 Å². The maximum Gasteiger partial charge on any atom is 0.224 e. The van der Waals surface area contributed by atoms with Crippen LogP contribution in [0, 0.1) is 5.92 Å². The molecule has 0 aromatic heterocycles. The largest absolute Gasteiger partial charge is 0.355 e. The number of sulfonamides is 1. The number of hydrogen-bond donors (Lipinski definition) is 3. The maximum atomic E-state index is 11.8. The first kappa shape index (κ1) is 15.9. The first-order valence-electron chi connectivity index (χ1n) is 7.06. The summed E-state index contributed by atoms with van der Waals surface area (Å²) in [5.41, 5.74) is 0.905. The summed E-state index contributed by atoms with van der Waals surface area (Å²) < 4.78 is 26.2. The standard InChI is InChI=1S/C14H21N3O3S/c18-14(13-6-7-15-11-13)16-8-9-21(19,20)17-10-12-4-2-1-3-5-12/h1-5,13,15,17H,6-11H2,(H,16,18). The van der Waals surface area contributed by atoms with E-state index in [1.54, 1.807) is 0 Å². The van der Waals surface area contributed by atoms with Crippen LogP contribution in [0.1, 0.15) is 12.0 Å². The summed E-state index contributed by atoms with van der Waals surface area (Å²) in [6.45, 7) is 1.92. The van der Waals surface area contributed by atoms with Gasteiger partial charge in [-0.3, -0.25) is 4.79 Å². The fourth-order valence-corrected chi connectivity index (χ4v) is 3.09. The molecule has 1 heterocycles. The predicted molar refractivity (Wildman–Crippen MR) is 81.1 cm³/mol. The lowest BCUT2D eigenvalue weighted by molar-refractivity contribution is -0.124. The molecular formula is C14H21N3O3S. The van der Waals surface area contributed by atoms with Gasteiger partial charge >= 0.3 is 0 Å². The van der Waals surface area contributed by atoms with Crippen molar-refractivity contribution in [3.8, 4) is 0 Å². The van der Waals surface area contributed by atoms with Crippen molar-refractivity contribution >= 4 is 15.9 Å². The van der Waals surface area contributed by atoms with E-state index in [0.29, 0.717) is 6.54 Å². The van der Waals surface area contributed by atoms with E-state index < -0.39 is 10.0 Å². The SMILES string of the molecule is O=C(NCCS(=O)(=O)NCc1ccccc1)C1CCNC1. The molecule has 21 heavy (non-hydrogen) atoms. The van der Waals surface area contributed by atoms with E-state index in [9.17, 15) is 13.2 Å². The van der Waals surface area contributed by atoms with Gasteiger partial charge in [-0.1, -0.05) is 30.3 Å². The summed E-state index contributed by atoms with van der Waals surface area (Å²) in [5.74, 6) is -0.214. The maximum absolute atomic E-state index is 11.8. The van der Waals surface area contributed by atoms with Gasteiger partial charge in [-0.25, -0.2) is 13.1 Å². The van der Waals surface area contributed by atoms with Crippen molar-refractivity contribution < 1.29 is 13.2 Å². The molecule has 0 radical (unpaired) electrons. The highest BCUT2D eigenvalue weighted by atomic mass is 32.2.